The molecule has 4 aromatic carbocycles. The average molecular weight is 717 g/mol. The van der Waals surface area contributed by atoms with Crippen LogP contribution in [0.15, 0.2) is 72.8 Å². The number of phosphoric ester groups is 1. The molecule has 12 nitrogen and oxygen atoms in total. The summed E-state index contributed by atoms with van der Waals surface area (Å²) in [5, 5.41) is 0. The van der Waals surface area contributed by atoms with E-state index < -0.39 is 7.82 Å². The smallest absolute Gasteiger partial charge is 0.736 e. The number of ketones is 2. The van der Waals surface area contributed by atoms with E-state index in [-0.39, 0.29) is 99.6 Å². The van der Waals surface area contributed by atoms with Crippen LogP contribution >= 0.6 is 7.82 Å². The van der Waals surface area contributed by atoms with Crippen LogP contribution in [0.2, 0.25) is 0 Å². The second kappa shape index (κ2) is 18.7. The third-order valence-electron chi connectivity index (χ3n) is 7.55. The number of carbonyl (C=O) groups is 2. The number of phosphoric acid groups is 1. The summed E-state index contributed by atoms with van der Waals surface area (Å²) in [5.74, 6) is 0.609. The third kappa shape index (κ3) is 10.4. The molecular formula is C36H38NaO12P. The van der Waals surface area contributed by atoms with Gasteiger partial charge in [0.1, 0.15) is 57.1 Å². The Morgan fingerprint density at radius 1 is 0.520 bits per heavy atom. The van der Waals surface area contributed by atoms with E-state index in [0.717, 1.165) is 11.1 Å². The topological polar surface area (TPSA) is 148 Å². The Balaban J connectivity index is 0.00000676. The van der Waals surface area contributed by atoms with E-state index >= 15 is 0 Å². The monoisotopic (exact) mass is 716 g/mol. The van der Waals surface area contributed by atoms with Gasteiger partial charge in [-0.25, -0.2) is 4.57 Å². The predicted molar refractivity (Wildman–Crippen MR) is 179 cm³/mol. The van der Waals surface area contributed by atoms with Crippen molar-refractivity contribution in [3.63, 3.8) is 0 Å². The van der Waals surface area contributed by atoms with Crippen molar-refractivity contribution in [1.29, 1.82) is 0 Å². The molecule has 0 aliphatic heterocycles. The van der Waals surface area contributed by atoms with Crippen molar-refractivity contribution in [2.24, 2.45) is 0 Å². The Bertz CT molecular complexity index is 1630. The second-order valence-corrected chi connectivity index (χ2v) is 11.8. The summed E-state index contributed by atoms with van der Waals surface area (Å²) in [5.41, 5.74) is 2.12. The van der Waals surface area contributed by atoms with Gasteiger partial charge < -0.3 is 42.4 Å². The molecule has 0 atom stereocenters. The summed E-state index contributed by atoms with van der Waals surface area (Å²) in [7, 11) is 3.38. The van der Waals surface area contributed by atoms with Gasteiger partial charge in [-0.1, -0.05) is 24.3 Å². The van der Waals surface area contributed by atoms with Gasteiger partial charge in [0.15, 0.2) is 11.6 Å². The molecule has 0 radical (unpaired) electrons. The Morgan fingerprint density at radius 3 is 1.08 bits per heavy atom. The summed E-state index contributed by atoms with van der Waals surface area (Å²) in [6.07, 6.45) is 1.14. The fraction of sp³-hybridized carbons (Fsp3) is 0.278. The minimum absolute atomic E-state index is 0. The number of hydrogen-bond donors (Lipinski definition) is 0. The van der Waals surface area contributed by atoms with Gasteiger partial charge in [0.25, 0.3) is 0 Å². The molecule has 14 heteroatoms. The molecule has 0 bridgehead atoms. The molecule has 0 aromatic heterocycles. The number of Topliss-reactive ketones (excluding diaryl/α,β-unsaturated/α-hetero) is 2. The first-order valence-corrected chi connectivity index (χ1v) is 16.5. The minimum atomic E-state index is -5.12. The average Bonchev–Trinajstić information content (AvgIpc) is 3.11. The molecular weight excluding hydrogens is 678 g/mol. The second-order valence-electron chi connectivity index (χ2n) is 10.6. The van der Waals surface area contributed by atoms with Crippen LogP contribution in [0.3, 0.4) is 0 Å². The Kier molecular flexibility index (Phi) is 15.1. The van der Waals surface area contributed by atoms with E-state index in [0.29, 0.717) is 24.3 Å². The molecule has 0 saturated heterocycles. The molecule has 0 spiro atoms. The van der Waals surface area contributed by atoms with Crippen molar-refractivity contribution in [3.05, 3.63) is 95.1 Å². The zero-order valence-electron chi connectivity index (χ0n) is 29.1. The van der Waals surface area contributed by atoms with Crippen molar-refractivity contribution in [2.45, 2.75) is 25.7 Å². The number of hydrogen-bond acceptors (Lipinski definition) is 12. The largest absolute Gasteiger partial charge is 1.00 e. The first kappa shape index (κ1) is 40.2. The Hall–Kier alpha value is -4.19. The quantitative estimate of drug-likeness (QED) is 0.0846. The molecule has 0 amide bonds. The number of carbonyl (C=O) groups excluding carboxylic acids is 2. The van der Waals surface area contributed by atoms with Crippen LogP contribution in [0.1, 0.15) is 44.7 Å². The molecule has 4 aromatic rings. The van der Waals surface area contributed by atoms with Crippen LogP contribution in [0.4, 0.5) is 0 Å². The predicted octanol–water partition coefficient (Wildman–Crippen LogP) is 3.30. The molecule has 0 N–H and O–H groups in total. The summed E-state index contributed by atoms with van der Waals surface area (Å²) in [4.78, 5) is 39.6. The maximum absolute atomic E-state index is 13.3. The fourth-order valence-corrected chi connectivity index (χ4v) is 5.82. The third-order valence-corrected chi connectivity index (χ3v) is 8.42. The van der Waals surface area contributed by atoms with E-state index in [1.54, 1.807) is 14.2 Å². The Morgan fingerprint density at radius 2 is 0.820 bits per heavy atom. The van der Waals surface area contributed by atoms with E-state index in [1.165, 1.54) is 52.7 Å². The summed E-state index contributed by atoms with van der Waals surface area (Å²) in [6, 6.07) is 19.7. The van der Waals surface area contributed by atoms with Gasteiger partial charge in [0, 0.05) is 37.1 Å². The van der Waals surface area contributed by atoms with Crippen LogP contribution in [0.25, 0.3) is 0 Å². The summed E-state index contributed by atoms with van der Waals surface area (Å²) >= 11 is 0. The fourth-order valence-electron chi connectivity index (χ4n) is 5.06. The van der Waals surface area contributed by atoms with Crippen LogP contribution in [-0.4, -0.2) is 54.2 Å². The van der Waals surface area contributed by atoms with Crippen molar-refractivity contribution >= 4 is 19.4 Å². The molecule has 0 heterocycles. The standard InChI is InChI=1S/C36H39O12P.Na/c1-41-25-13-7-23(8-14-25)11-17-29(37)35-31(43-3)19-27(20-32(35)44-4)47-49(39,40)48-28-21-33(45-5)36(34(22-28)46-6)30(38)18-12-24-9-15-26(42-2)16-10-24;/h7-10,13-16,19-22H,11-12,17-18H2,1-6H3,(H,39,40);/q;+1/p-1. The molecule has 0 saturated carbocycles. The maximum Gasteiger partial charge on any atom is 1.00 e. The number of methoxy groups -OCH3 is 6. The maximum atomic E-state index is 13.3. The Labute approximate surface area is 313 Å². The van der Waals surface area contributed by atoms with Crippen molar-refractivity contribution in [2.75, 3.05) is 42.7 Å². The molecule has 0 aliphatic carbocycles. The molecule has 0 unspecified atom stereocenters. The van der Waals surface area contributed by atoms with Crippen LogP contribution in [0.5, 0.6) is 46.0 Å². The number of benzene rings is 4. The van der Waals surface area contributed by atoms with Gasteiger partial charge in [0.2, 0.25) is 0 Å². The SMILES string of the molecule is COc1ccc(CCC(=O)c2c(OC)cc(OP(=O)([O-])Oc3cc(OC)c(C(=O)CCc4ccc(OC)cc4)c(OC)c3)cc2OC)cc1.[Na+]. The zero-order valence-corrected chi connectivity index (χ0v) is 32.0. The van der Waals surface area contributed by atoms with E-state index in [1.807, 2.05) is 48.5 Å². The molecule has 0 fully saturated rings. The molecule has 260 valence electrons. The molecule has 50 heavy (non-hydrogen) atoms. The first-order chi connectivity index (χ1) is 23.5. The van der Waals surface area contributed by atoms with Crippen LogP contribution in [-0.2, 0) is 17.4 Å². The van der Waals surface area contributed by atoms with E-state index in [4.69, 9.17) is 37.5 Å². The van der Waals surface area contributed by atoms with Crippen LogP contribution < -0.4 is 71.9 Å². The summed E-state index contributed by atoms with van der Waals surface area (Å²) in [6.45, 7) is 0. The van der Waals surface area contributed by atoms with Gasteiger partial charge in [-0.3, -0.25) is 9.59 Å². The van der Waals surface area contributed by atoms with Gasteiger partial charge in [0.05, 0.1) is 42.7 Å². The number of ether oxygens (including phenoxy) is 6. The number of rotatable bonds is 18. The normalized spacial score (nSPS) is 10.7. The van der Waals surface area contributed by atoms with Crippen molar-refractivity contribution in [1.82, 2.24) is 0 Å². The minimum Gasteiger partial charge on any atom is -0.736 e. The van der Waals surface area contributed by atoms with Gasteiger partial charge in [-0.2, -0.15) is 0 Å². The first-order valence-electron chi connectivity index (χ1n) is 15.1. The van der Waals surface area contributed by atoms with Crippen molar-refractivity contribution in [3.8, 4) is 46.0 Å². The van der Waals surface area contributed by atoms with Gasteiger partial charge >= 0.3 is 37.4 Å². The summed E-state index contributed by atoms with van der Waals surface area (Å²) < 4.78 is 55.6. The molecule has 0 aliphatic rings. The molecule has 4 rings (SSSR count). The zero-order chi connectivity index (χ0) is 35.6. The van der Waals surface area contributed by atoms with Gasteiger partial charge in [-0.05, 0) is 48.2 Å². The van der Waals surface area contributed by atoms with Crippen LogP contribution in [0, 0.1) is 0 Å². The number of aryl methyl sites for hydroxylation is 2. The van der Waals surface area contributed by atoms with Crippen molar-refractivity contribution < 1.29 is 86.1 Å². The van der Waals surface area contributed by atoms with E-state index in [9.17, 15) is 19.0 Å². The van der Waals surface area contributed by atoms with E-state index in [2.05, 4.69) is 0 Å². The van der Waals surface area contributed by atoms with Gasteiger partial charge in [-0.15, -0.1) is 0 Å².